The van der Waals surface area contributed by atoms with Gasteiger partial charge in [-0.05, 0) is 86.4 Å². The Morgan fingerprint density at radius 2 is 0.962 bits per heavy atom. The Morgan fingerprint density at radius 1 is 0.346 bits per heavy atom. The molecule has 9 aromatic carbocycles. The van der Waals surface area contributed by atoms with Crippen molar-refractivity contribution >= 4 is 60.5 Å². The molecule has 1 heterocycles. The molecule has 0 bridgehead atoms. The first-order chi connectivity index (χ1) is 25.8. The lowest BCUT2D eigenvalue weighted by molar-refractivity contribution is 0.673. The van der Waals surface area contributed by atoms with Gasteiger partial charge in [-0.25, -0.2) is 0 Å². The Hall–Kier alpha value is -6.90. The van der Waals surface area contributed by atoms with Crippen LogP contribution in [-0.4, -0.2) is 0 Å². The molecule has 0 saturated carbocycles. The molecule has 0 aliphatic carbocycles. The van der Waals surface area contributed by atoms with Crippen LogP contribution in [0.1, 0.15) is 0 Å². The normalized spacial score (nSPS) is 11.5. The maximum Gasteiger partial charge on any atom is 0.143 e. The summed E-state index contributed by atoms with van der Waals surface area (Å²) >= 11 is 0. The predicted octanol–water partition coefficient (Wildman–Crippen LogP) is 14.4. The summed E-state index contributed by atoms with van der Waals surface area (Å²) in [6, 6.07) is 71.7. The molecule has 244 valence electrons. The standard InChI is InChI=1S/C50H33NO/c1-2-13-34(14-3-1)35-27-30-39(31-28-35)51(40-19-10-18-38(33-40)42-23-11-17-36-15-4-6-20-41(36)42)47-25-9-8-22-44(47)45-24-12-26-48-49(45)46-32-29-37-16-5-7-21-43(37)50(46)52-48/h1-33H. The van der Waals surface area contributed by atoms with E-state index in [1.807, 2.05) is 0 Å². The Bertz CT molecular complexity index is 2900. The van der Waals surface area contributed by atoms with E-state index < -0.39 is 0 Å². The number of benzene rings is 9. The number of anilines is 3. The molecule has 0 aliphatic rings. The van der Waals surface area contributed by atoms with Crippen molar-refractivity contribution in [1.29, 1.82) is 0 Å². The molecule has 0 saturated heterocycles. The van der Waals surface area contributed by atoms with Crippen molar-refractivity contribution < 1.29 is 4.42 Å². The summed E-state index contributed by atoms with van der Waals surface area (Å²) in [6.45, 7) is 0. The summed E-state index contributed by atoms with van der Waals surface area (Å²) in [5, 5.41) is 7.02. The highest BCUT2D eigenvalue weighted by molar-refractivity contribution is 6.19. The van der Waals surface area contributed by atoms with Crippen molar-refractivity contribution in [2.45, 2.75) is 0 Å². The smallest absolute Gasteiger partial charge is 0.143 e. The molecule has 0 radical (unpaired) electrons. The number of rotatable bonds is 6. The summed E-state index contributed by atoms with van der Waals surface area (Å²) in [5.74, 6) is 0. The summed E-state index contributed by atoms with van der Waals surface area (Å²) in [5.41, 5.74) is 12.1. The molecule has 0 atom stereocenters. The Kier molecular flexibility index (Phi) is 7.18. The van der Waals surface area contributed by atoms with E-state index in [1.165, 1.54) is 38.4 Å². The van der Waals surface area contributed by atoms with Crippen LogP contribution in [0.4, 0.5) is 17.1 Å². The molecule has 2 heteroatoms. The summed E-state index contributed by atoms with van der Waals surface area (Å²) in [6.07, 6.45) is 0. The number of hydrogen-bond acceptors (Lipinski definition) is 2. The van der Waals surface area contributed by atoms with Crippen LogP contribution in [0.15, 0.2) is 205 Å². The highest BCUT2D eigenvalue weighted by Gasteiger charge is 2.21. The van der Waals surface area contributed by atoms with Gasteiger partial charge >= 0.3 is 0 Å². The van der Waals surface area contributed by atoms with Crippen molar-refractivity contribution in [3.8, 4) is 33.4 Å². The van der Waals surface area contributed by atoms with E-state index in [0.29, 0.717) is 0 Å². The fourth-order valence-corrected chi connectivity index (χ4v) is 7.83. The van der Waals surface area contributed by atoms with Crippen molar-refractivity contribution in [2.75, 3.05) is 4.90 Å². The topological polar surface area (TPSA) is 16.4 Å². The van der Waals surface area contributed by atoms with Gasteiger partial charge in [0.15, 0.2) is 0 Å². The van der Waals surface area contributed by atoms with E-state index in [0.717, 1.165) is 55.5 Å². The zero-order chi connectivity index (χ0) is 34.4. The van der Waals surface area contributed by atoms with Crippen LogP contribution < -0.4 is 4.90 Å². The Balaban J connectivity index is 1.19. The first kappa shape index (κ1) is 30.0. The molecule has 1 aromatic heterocycles. The van der Waals surface area contributed by atoms with Gasteiger partial charge in [0.2, 0.25) is 0 Å². The van der Waals surface area contributed by atoms with Gasteiger partial charge in [-0.3, -0.25) is 0 Å². The van der Waals surface area contributed by atoms with Crippen LogP contribution in [-0.2, 0) is 0 Å². The van der Waals surface area contributed by atoms with Gasteiger partial charge in [0, 0.05) is 33.1 Å². The molecule has 10 rings (SSSR count). The SMILES string of the molecule is c1ccc(-c2ccc(N(c3cccc(-c4cccc5ccccc45)c3)c3ccccc3-c3cccc4oc5c6ccccc6ccc5c34)cc2)cc1. The van der Waals surface area contributed by atoms with Gasteiger partial charge < -0.3 is 9.32 Å². The second-order valence-electron chi connectivity index (χ2n) is 13.3. The lowest BCUT2D eigenvalue weighted by Gasteiger charge is -2.28. The second-order valence-corrected chi connectivity index (χ2v) is 13.3. The van der Waals surface area contributed by atoms with Gasteiger partial charge in [0.05, 0.1) is 5.69 Å². The third kappa shape index (κ3) is 5.04. The molecule has 0 fully saturated rings. The minimum Gasteiger partial charge on any atom is -0.455 e. The van der Waals surface area contributed by atoms with Crippen LogP contribution in [0.5, 0.6) is 0 Å². The second kappa shape index (κ2) is 12.5. The molecule has 0 unspecified atom stereocenters. The van der Waals surface area contributed by atoms with Gasteiger partial charge in [-0.1, -0.05) is 158 Å². The average Bonchev–Trinajstić information content (AvgIpc) is 3.61. The number of para-hydroxylation sites is 1. The molecule has 0 amide bonds. The zero-order valence-corrected chi connectivity index (χ0v) is 28.4. The van der Waals surface area contributed by atoms with E-state index in [9.17, 15) is 0 Å². The highest BCUT2D eigenvalue weighted by Crippen LogP contribution is 2.46. The van der Waals surface area contributed by atoms with Crippen LogP contribution in [0.2, 0.25) is 0 Å². The number of hydrogen-bond donors (Lipinski definition) is 0. The highest BCUT2D eigenvalue weighted by atomic mass is 16.3. The van der Waals surface area contributed by atoms with Crippen molar-refractivity contribution in [3.63, 3.8) is 0 Å². The molecule has 52 heavy (non-hydrogen) atoms. The number of furan rings is 1. The fourth-order valence-electron chi connectivity index (χ4n) is 7.83. The van der Waals surface area contributed by atoms with Gasteiger partial charge in [-0.15, -0.1) is 0 Å². The minimum absolute atomic E-state index is 0.885. The van der Waals surface area contributed by atoms with E-state index in [-0.39, 0.29) is 0 Å². The maximum absolute atomic E-state index is 6.64. The van der Waals surface area contributed by atoms with E-state index in [2.05, 4.69) is 205 Å². The lowest BCUT2D eigenvalue weighted by Crippen LogP contribution is -2.11. The predicted molar refractivity (Wildman–Crippen MR) is 220 cm³/mol. The van der Waals surface area contributed by atoms with Gasteiger partial charge in [0.25, 0.3) is 0 Å². The third-order valence-corrected chi connectivity index (χ3v) is 10.3. The first-order valence-corrected chi connectivity index (χ1v) is 17.8. The molecular formula is C50H33NO. The first-order valence-electron chi connectivity index (χ1n) is 17.8. The summed E-state index contributed by atoms with van der Waals surface area (Å²) in [7, 11) is 0. The van der Waals surface area contributed by atoms with Crippen LogP contribution >= 0.6 is 0 Å². The molecule has 0 N–H and O–H groups in total. The third-order valence-electron chi connectivity index (χ3n) is 10.3. The van der Waals surface area contributed by atoms with E-state index in [1.54, 1.807) is 0 Å². The molecular weight excluding hydrogens is 631 g/mol. The minimum atomic E-state index is 0.885. The van der Waals surface area contributed by atoms with Gasteiger partial charge in [0.1, 0.15) is 11.2 Å². The van der Waals surface area contributed by atoms with Crippen LogP contribution in [0, 0.1) is 0 Å². The lowest BCUT2D eigenvalue weighted by atomic mass is 9.95. The quantitative estimate of drug-likeness (QED) is 0.176. The monoisotopic (exact) mass is 663 g/mol. The van der Waals surface area contributed by atoms with Crippen molar-refractivity contribution in [3.05, 3.63) is 200 Å². The molecule has 0 spiro atoms. The summed E-state index contributed by atoms with van der Waals surface area (Å²) < 4.78 is 6.64. The summed E-state index contributed by atoms with van der Waals surface area (Å²) in [4.78, 5) is 2.40. The van der Waals surface area contributed by atoms with Crippen LogP contribution in [0.25, 0.3) is 76.9 Å². The Labute approximate surface area is 302 Å². The number of nitrogens with zero attached hydrogens (tertiary/aromatic N) is 1. The largest absolute Gasteiger partial charge is 0.455 e. The fraction of sp³-hybridized carbons (Fsp3) is 0. The van der Waals surface area contributed by atoms with Crippen molar-refractivity contribution in [1.82, 2.24) is 0 Å². The maximum atomic E-state index is 6.64. The van der Waals surface area contributed by atoms with Gasteiger partial charge in [-0.2, -0.15) is 0 Å². The zero-order valence-electron chi connectivity index (χ0n) is 28.4. The molecule has 0 aliphatic heterocycles. The van der Waals surface area contributed by atoms with E-state index in [4.69, 9.17) is 4.42 Å². The van der Waals surface area contributed by atoms with E-state index >= 15 is 0 Å². The number of fused-ring (bicyclic) bond motifs is 6. The van der Waals surface area contributed by atoms with Crippen molar-refractivity contribution in [2.24, 2.45) is 0 Å². The Morgan fingerprint density at radius 3 is 1.83 bits per heavy atom. The van der Waals surface area contributed by atoms with Crippen LogP contribution in [0.3, 0.4) is 0 Å². The molecule has 2 nitrogen and oxygen atoms in total. The molecule has 10 aromatic rings. The average molecular weight is 664 g/mol.